The lowest BCUT2D eigenvalue weighted by atomic mass is 10.1. The van der Waals surface area contributed by atoms with Crippen LogP contribution < -0.4 is 5.32 Å². The maximum atomic E-state index is 4.84. The summed E-state index contributed by atoms with van der Waals surface area (Å²) >= 11 is 0. The number of benzene rings is 1. The number of fused-ring (bicyclic) bond motifs is 1. The van der Waals surface area contributed by atoms with Crippen molar-refractivity contribution in [3.8, 4) is 0 Å². The molecule has 3 nitrogen and oxygen atoms in total. The van der Waals surface area contributed by atoms with E-state index in [1.807, 2.05) is 0 Å². The first kappa shape index (κ1) is 16.0. The molecule has 1 atom stereocenters. The summed E-state index contributed by atoms with van der Waals surface area (Å²) in [5.41, 5.74) is 2.41. The lowest BCUT2D eigenvalue weighted by Gasteiger charge is -2.15. The summed E-state index contributed by atoms with van der Waals surface area (Å²) in [6, 6.07) is 9.05. The third-order valence-corrected chi connectivity index (χ3v) is 3.92. The van der Waals surface area contributed by atoms with E-state index >= 15 is 0 Å². The molecule has 2 rings (SSSR count). The largest absolute Gasteiger partial charge is 0.328 e. The van der Waals surface area contributed by atoms with Crippen molar-refractivity contribution in [1.82, 2.24) is 14.9 Å². The number of nitrogens with zero attached hydrogens (tertiary/aromatic N) is 2. The van der Waals surface area contributed by atoms with Gasteiger partial charge in [0, 0.05) is 19.0 Å². The van der Waals surface area contributed by atoms with E-state index in [0.29, 0.717) is 12.0 Å². The first-order chi connectivity index (χ1) is 10.1. The molecule has 0 spiro atoms. The van der Waals surface area contributed by atoms with E-state index in [4.69, 9.17) is 4.98 Å². The van der Waals surface area contributed by atoms with Gasteiger partial charge in [0.2, 0.25) is 0 Å². The fourth-order valence-corrected chi connectivity index (χ4v) is 2.70. The van der Waals surface area contributed by atoms with Gasteiger partial charge in [0.25, 0.3) is 0 Å². The Labute approximate surface area is 128 Å². The van der Waals surface area contributed by atoms with Gasteiger partial charge in [-0.2, -0.15) is 0 Å². The summed E-state index contributed by atoms with van der Waals surface area (Å²) in [6.07, 6.45) is 3.40. The van der Waals surface area contributed by atoms with E-state index in [2.05, 4.69) is 61.8 Å². The second kappa shape index (κ2) is 7.60. The van der Waals surface area contributed by atoms with Gasteiger partial charge in [-0.3, -0.25) is 0 Å². The van der Waals surface area contributed by atoms with E-state index < -0.39 is 0 Å². The molecule has 1 N–H and O–H groups in total. The quantitative estimate of drug-likeness (QED) is 0.795. The smallest absolute Gasteiger partial charge is 0.109 e. The van der Waals surface area contributed by atoms with Crippen LogP contribution in [0.15, 0.2) is 24.3 Å². The van der Waals surface area contributed by atoms with Crippen molar-refractivity contribution in [2.24, 2.45) is 5.92 Å². The van der Waals surface area contributed by atoms with Crippen LogP contribution >= 0.6 is 0 Å². The highest BCUT2D eigenvalue weighted by molar-refractivity contribution is 5.75. The van der Waals surface area contributed by atoms with Gasteiger partial charge < -0.3 is 9.88 Å². The van der Waals surface area contributed by atoms with Gasteiger partial charge in [-0.25, -0.2) is 4.98 Å². The zero-order valence-electron chi connectivity index (χ0n) is 13.9. The minimum absolute atomic E-state index is 0.567. The number of hydrogen-bond acceptors (Lipinski definition) is 2. The minimum atomic E-state index is 0.567. The molecule has 1 heterocycles. The predicted molar refractivity (Wildman–Crippen MR) is 90.6 cm³/mol. The van der Waals surface area contributed by atoms with Gasteiger partial charge in [0.05, 0.1) is 11.0 Å². The molecule has 0 amide bonds. The molecule has 0 aliphatic heterocycles. The Morgan fingerprint density at radius 2 is 1.95 bits per heavy atom. The van der Waals surface area contributed by atoms with Crippen LogP contribution in [-0.4, -0.2) is 22.1 Å². The molecule has 21 heavy (non-hydrogen) atoms. The molecule has 2 aromatic rings. The average Bonchev–Trinajstić information content (AvgIpc) is 2.81. The Hall–Kier alpha value is -1.35. The van der Waals surface area contributed by atoms with Gasteiger partial charge in [-0.15, -0.1) is 0 Å². The topological polar surface area (TPSA) is 29.9 Å². The van der Waals surface area contributed by atoms with E-state index in [1.54, 1.807) is 0 Å². The van der Waals surface area contributed by atoms with Crippen LogP contribution in [0.1, 0.15) is 46.4 Å². The molecule has 0 bridgehead atoms. The molecule has 0 aliphatic rings. The van der Waals surface area contributed by atoms with Crippen molar-refractivity contribution in [3.05, 3.63) is 30.1 Å². The number of hydrogen-bond donors (Lipinski definition) is 1. The molecular weight excluding hydrogens is 258 g/mol. The molecule has 1 aromatic carbocycles. The molecular formula is C18H29N3. The predicted octanol–water partition coefficient (Wildman–Crippen LogP) is 4.01. The van der Waals surface area contributed by atoms with Crippen molar-refractivity contribution in [2.75, 3.05) is 6.54 Å². The van der Waals surface area contributed by atoms with Crippen molar-refractivity contribution in [1.29, 1.82) is 0 Å². The second-order valence-electron chi connectivity index (χ2n) is 6.38. The molecule has 0 fully saturated rings. The molecule has 0 saturated heterocycles. The Morgan fingerprint density at radius 3 is 2.67 bits per heavy atom. The van der Waals surface area contributed by atoms with Crippen molar-refractivity contribution < 1.29 is 0 Å². The molecule has 1 aromatic heterocycles. The Morgan fingerprint density at radius 1 is 1.19 bits per heavy atom. The molecule has 0 saturated carbocycles. The summed E-state index contributed by atoms with van der Waals surface area (Å²) in [6.45, 7) is 11.1. The molecule has 3 heteroatoms. The molecule has 116 valence electrons. The maximum absolute atomic E-state index is 4.84. The summed E-state index contributed by atoms with van der Waals surface area (Å²) in [5.74, 6) is 1.93. The zero-order valence-corrected chi connectivity index (χ0v) is 13.9. The Kier molecular flexibility index (Phi) is 5.80. The minimum Gasteiger partial charge on any atom is -0.328 e. The number of nitrogens with one attached hydrogen (secondary N) is 1. The summed E-state index contributed by atoms with van der Waals surface area (Å²) in [5, 5.41) is 3.52. The van der Waals surface area contributed by atoms with E-state index in [-0.39, 0.29) is 0 Å². The van der Waals surface area contributed by atoms with Crippen LogP contribution in [0.25, 0.3) is 11.0 Å². The molecule has 1 unspecified atom stereocenters. The lowest BCUT2D eigenvalue weighted by molar-refractivity contribution is 0.447. The third-order valence-electron chi connectivity index (χ3n) is 3.92. The van der Waals surface area contributed by atoms with E-state index in [0.717, 1.165) is 31.4 Å². The van der Waals surface area contributed by atoms with Crippen LogP contribution in [0.2, 0.25) is 0 Å². The molecule has 0 aliphatic carbocycles. The monoisotopic (exact) mass is 287 g/mol. The number of imidazole rings is 1. The fraction of sp³-hybridized carbons (Fsp3) is 0.611. The average molecular weight is 287 g/mol. The first-order valence-corrected chi connectivity index (χ1v) is 8.29. The fourth-order valence-electron chi connectivity index (χ4n) is 2.70. The van der Waals surface area contributed by atoms with Gasteiger partial charge in [-0.1, -0.05) is 39.8 Å². The van der Waals surface area contributed by atoms with Gasteiger partial charge in [-0.05, 0) is 37.4 Å². The standard InChI is InChI=1S/C18H29N3/c1-5-12-21-17-9-7-6-8-16(17)20-18(21)11-10-15(4)13-19-14(2)3/h6-9,14-15,19H,5,10-13H2,1-4H3. The summed E-state index contributed by atoms with van der Waals surface area (Å²) < 4.78 is 2.40. The van der Waals surface area contributed by atoms with Gasteiger partial charge >= 0.3 is 0 Å². The first-order valence-electron chi connectivity index (χ1n) is 8.29. The van der Waals surface area contributed by atoms with E-state index in [9.17, 15) is 0 Å². The van der Waals surface area contributed by atoms with Crippen LogP contribution in [0, 0.1) is 5.92 Å². The van der Waals surface area contributed by atoms with Crippen LogP contribution in [0.4, 0.5) is 0 Å². The highest BCUT2D eigenvalue weighted by Gasteiger charge is 2.11. The van der Waals surface area contributed by atoms with Crippen LogP contribution in [-0.2, 0) is 13.0 Å². The Bertz CT molecular complexity index is 557. The second-order valence-corrected chi connectivity index (χ2v) is 6.38. The summed E-state index contributed by atoms with van der Waals surface area (Å²) in [7, 11) is 0. The molecule has 0 radical (unpaired) electrons. The maximum Gasteiger partial charge on any atom is 0.109 e. The summed E-state index contributed by atoms with van der Waals surface area (Å²) in [4.78, 5) is 4.84. The normalized spacial score (nSPS) is 13.2. The lowest BCUT2D eigenvalue weighted by Crippen LogP contribution is -2.28. The SMILES string of the molecule is CCCn1c(CCC(C)CNC(C)C)nc2ccccc21. The third kappa shape index (κ3) is 4.31. The number of aromatic nitrogens is 2. The zero-order chi connectivity index (χ0) is 15.2. The Balaban J connectivity index is 2.05. The van der Waals surface area contributed by atoms with Crippen LogP contribution in [0.5, 0.6) is 0 Å². The number of rotatable bonds is 8. The number of para-hydroxylation sites is 2. The van der Waals surface area contributed by atoms with Crippen molar-refractivity contribution >= 4 is 11.0 Å². The number of aryl methyl sites for hydroxylation is 2. The van der Waals surface area contributed by atoms with Crippen molar-refractivity contribution in [2.45, 2.75) is 59.5 Å². The van der Waals surface area contributed by atoms with Gasteiger partial charge in [0.1, 0.15) is 5.82 Å². The van der Waals surface area contributed by atoms with Gasteiger partial charge in [0.15, 0.2) is 0 Å². The van der Waals surface area contributed by atoms with Crippen LogP contribution in [0.3, 0.4) is 0 Å². The van der Waals surface area contributed by atoms with Crippen molar-refractivity contribution in [3.63, 3.8) is 0 Å². The highest BCUT2D eigenvalue weighted by Crippen LogP contribution is 2.18. The van der Waals surface area contributed by atoms with E-state index in [1.165, 1.54) is 17.8 Å². The highest BCUT2D eigenvalue weighted by atomic mass is 15.1.